The lowest BCUT2D eigenvalue weighted by molar-refractivity contribution is 0.182. The number of urea groups is 1. The Morgan fingerprint density at radius 2 is 2.16 bits per heavy atom. The number of anilines is 1. The van der Waals surface area contributed by atoms with Crippen molar-refractivity contribution in [3.8, 4) is 0 Å². The van der Waals surface area contributed by atoms with Crippen molar-refractivity contribution in [1.29, 1.82) is 0 Å². The van der Waals surface area contributed by atoms with Crippen LogP contribution in [0.5, 0.6) is 0 Å². The number of nitrogens with zero attached hydrogens (tertiary/aromatic N) is 5. The van der Waals surface area contributed by atoms with Crippen molar-refractivity contribution in [2.75, 3.05) is 25.5 Å². The van der Waals surface area contributed by atoms with Gasteiger partial charge in [0.15, 0.2) is 0 Å². The lowest BCUT2D eigenvalue weighted by Crippen LogP contribution is -2.42. The monoisotopic (exact) mass is 344 g/mol. The van der Waals surface area contributed by atoms with Crippen LogP contribution in [-0.4, -0.2) is 63.1 Å². The molecular weight excluding hydrogens is 323 g/mol. The highest BCUT2D eigenvalue weighted by molar-refractivity contribution is 5.88. The molecule has 1 saturated heterocycles. The van der Waals surface area contributed by atoms with Crippen LogP contribution in [0, 0.1) is 0 Å². The van der Waals surface area contributed by atoms with E-state index in [9.17, 15) is 9.18 Å². The first-order valence-corrected chi connectivity index (χ1v) is 8.16. The first kappa shape index (κ1) is 17.2. The Balaban J connectivity index is 1.58. The molecule has 0 bridgehead atoms. The van der Waals surface area contributed by atoms with E-state index in [4.69, 9.17) is 0 Å². The van der Waals surface area contributed by atoms with Crippen LogP contribution in [0.1, 0.15) is 12.0 Å². The number of pyridine rings is 1. The summed E-state index contributed by atoms with van der Waals surface area (Å²) in [5, 5.41) is 2.78. The zero-order chi connectivity index (χ0) is 17.6. The third-order valence-corrected chi connectivity index (χ3v) is 4.22. The summed E-state index contributed by atoms with van der Waals surface area (Å²) in [5.74, 6) is 0. The highest BCUT2D eigenvalue weighted by atomic mass is 19.1. The predicted molar refractivity (Wildman–Crippen MR) is 91.6 cm³/mol. The number of rotatable bonds is 5. The fourth-order valence-electron chi connectivity index (χ4n) is 3.01. The van der Waals surface area contributed by atoms with Crippen LogP contribution >= 0.6 is 0 Å². The molecule has 0 aliphatic carbocycles. The Bertz CT molecular complexity index is 686. The van der Waals surface area contributed by atoms with E-state index in [1.165, 1.54) is 6.33 Å². The molecule has 0 unspecified atom stereocenters. The number of carbonyl (C=O) groups excluding carboxylic acids is 1. The van der Waals surface area contributed by atoms with E-state index in [2.05, 4.69) is 20.3 Å². The van der Waals surface area contributed by atoms with Crippen LogP contribution in [-0.2, 0) is 6.54 Å². The van der Waals surface area contributed by atoms with Crippen LogP contribution in [0.3, 0.4) is 0 Å². The van der Waals surface area contributed by atoms with Gasteiger partial charge in [0.1, 0.15) is 12.5 Å². The summed E-state index contributed by atoms with van der Waals surface area (Å²) in [7, 11) is 1.71. The molecule has 132 valence electrons. The van der Waals surface area contributed by atoms with Gasteiger partial charge < -0.3 is 10.2 Å². The van der Waals surface area contributed by atoms with E-state index in [-0.39, 0.29) is 12.1 Å². The topological polar surface area (TPSA) is 74.2 Å². The van der Waals surface area contributed by atoms with Gasteiger partial charge in [0, 0.05) is 56.9 Å². The molecule has 1 fully saturated rings. The van der Waals surface area contributed by atoms with Crippen LogP contribution in [0.25, 0.3) is 0 Å². The first-order chi connectivity index (χ1) is 12.1. The molecule has 7 nitrogen and oxygen atoms in total. The Morgan fingerprint density at radius 3 is 2.88 bits per heavy atom. The smallest absolute Gasteiger partial charge is 0.321 e. The molecule has 3 heterocycles. The molecule has 0 spiro atoms. The second-order valence-corrected chi connectivity index (χ2v) is 6.22. The zero-order valence-electron chi connectivity index (χ0n) is 14.0. The fraction of sp³-hybridized carbons (Fsp3) is 0.412. The van der Waals surface area contributed by atoms with Gasteiger partial charge in [-0.05, 0) is 18.6 Å². The molecule has 1 aliphatic rings. The van der Waals surface area contributed by atoms with Crippen molar-refractivity contribution >= 4 is 11.7 Å². The zero-order valence-corrected chi connectivity index (χ0v) is 14.0. The summed E-state index contributed by atoms with van der Waals surface area (Å²) in [6.07, 6.45) is 7.69. The molecule has 1 aliphatic heterocycles. The number of carbonyl (C=O) groups is 1. The number of likely N-dealkylation sites (tertiary alicyclic amines) is 1. The van der Waals surface area contributed by atoms with Gasteiger partial charge in [-0.3, -0.25) is 9.88 Å². The summed E-state index contributed by atoms with van der Waals surface area (Å²) < 4.78 is 13.9. The number of halogens is 1. The second kappa shape index (κ2) is 7.98. The highest BCUT2D eigenvalue weighted by Crippen LogP contribution is 2.23. The molecule has 0 radical (unpaired) electrons. The van der Waals surface area contributed by atoms with E-state index in [1.807, 2.05) is 4.90 Å². The molecule has 0 aromatic carbocycles. The van der Waals surface area contributed by atoms with E-state index < -0.39 is 6.17 Å². The Kier molecular flexibility index (Phi) is 5.49. The average Bonchev–Trinajstić information content (AvgIpc) is 2.95. The Morgan fingerprint density at radius 1 is 1.36 bits per heavy atom. The highest BCUT2D eigenvalue weighted by Gasteiger charge is 2.33. The minimum absolute atomic E-state index is 0.0418. The molecule has 25 heavy (non-hydrogen) atoms. The van der Waals surface area contributed by atoms with E-state index in [0.717, 1.165) is 5.56 Å². The maximum absolute atomic E-state index is 13.9. The quantitative estimate of drug-likeness (QED) is 0.897. The van der Waals surface area contributed by atoms with Gasteiger partial charge in [-0.2, -0.15) is 0 Å². The van der Waals surface area contributed by atoms with Gasteiger partial charge in [0.05, 0.1) is 11.9 Å². The van der Waals surface area contributed by atoms with Crippen LogP contribution in [0.2, 0.25) is 0 Å². The lowest BCUT2D eigenvalue weighted by Gasteiger charge is -2.28. The lowest BCUT2D eigenvalue weighted by atomic mass is 10.2. The third-order valence-electron chi connectivity index (χ3n) is 4.22. The molecular formula is C17H21FN6O. The number of amides is 2. The molecule has 2 aromatic heterocycles. The second-order valence-electron chi connectivity index (χ2n) is 6.22. The van der Waals surface area contributed by atoms with Gasteiger partial charge in [-0.25, -0.2) is 19.2 Å². The Labute approximate surface area is 145 Å². The van der Waals surface area contributed by atoms with Crippen LogP contribution < -0.4 is 5.32 Å². The van der Waals surface area contributed by atoms with Crippen LogP contribution in [0.4, 0.5) is 14.9 Å². The summed E-state index contributed by atoms with van der Waals surface area (Å²) in [6.45, 7) is 1.38. The third kappa shape index (κ3) is 4.69. The number of alkyl halides is 1. The van der Waals surface area contributed by atoms with Crippen molar-refractivity contribution in [2.24, 2.45) is 0 Å². The largest absolute Gasteiger partial charge is 0.326 e. The van der Waals surface area contributed by atoms with Gasteiger partial charge in [-0.15, -0.1) is 0 Å². The number of hydrogen-bond acceptors (Lipinski definition) is 5. The first-order valence-electron chi connectivity index (χ1n) is 8.16. The van der Waals surface area contributed by atoms with Crippen molar-refractivity contribution in [2.45, 2.75) is 25.2 Å². The van der Waals surface area contributed by atoms with Gasteiger partial charge in [-0.1, -0.05) is 0 Å². The molecule has 2 amide bonds. The van der Waals surface area contributed by atoms with Gasteiger partial charge in [0.2, 0.25) is 0 Å². The summed E-state index contributed by atoms with van der Waals surface area (Å²) in [6, 6.07) is 3.25. The van der Waals surface area contributed by atoms with Crippen LogP contribution in [0.15, 0.2) is 43.2 Å². The molecule has 0 saturated carbocycles. The van der Waals surface area contributed by atoms with E-state index >= 15 is 0 Å². The van der Waals surface area contributed by atoms with E-state index in [1.54, 1.807) is 48.9 Å². The molecule has 2 aromatic rings. The van der Waals surface area contributed by atoms with Gasteiger partial charge >= 0.3 is 6.03 Å². The summed E-state index contributed by atoms with van der Waals surface area (Å²) >= 11 is 0. The minimum Gasteiger partial charge on any atom is -0.326 e. The molecule has 1 N–H and O–H groups in total. The predicted octanol–water partition coefficient (Wildman–Crippen LogP) is 1.95. The fourth-order valence-corrected chi connectivity index (χ4v) is 3.01. The standard InChI is InChI=1S/C17H21FN6O/c1-23(17(25)22-15-3-2-4-19-8-15)11-16-5-14(18)10-24(16)9-13-6-20-12-21-7-13/h2-4,6-8,12,14,16H,5,9-11H2,1H3,(H,22,25)/t14-,16-/m0/s1. The molecule has 2 atom stereocenters. The summed E-state index contributed by atoms with van der Waals surface area (Å²) in [5.41, 5.74) is 1.57. The molecule has 8 heteroatoms. The SMILES string of the molecule is CN(C[C@@H]1C[C@H](F)CN1Cc1cncnc1)C(=O)Nc1cccnc1. The normalized spacial score (nSPS) is 20.4. The number of hydrogen-bond donors (Lipinski definition) is 1. The molecule has 3 rings (SSSR count). The minimum atomic E-state index is -0.885. The van der Waals surface area contributed by atoms with Crippen molar-refractivity contribution in [1.82, 2.24) is 24.8 Å². The Hall–Kier alpha value is -2.61. The van der Waals surface area contributed by atoms with Gasteiger partial charge in [0.25, 0.3) is 0 Å². The maximum Gasteiger partial charge on any atom is 0.321 e. The maximum atomic E-state index is 13.9. The van der Waals surface area contributed by atoms with Crippen molar-refractivity contribution < 1.29 is 9.18 Å². The number of likely N-dealkylation sites (N-methyl/N-ethyl adjacent to an activating group) is 1. The summed E-state index contributed by atoms with van der Waals surface area (Å²) in [4.78, 5) is 27.9. The average molecular weight is 344 g/mol. The number of aromatic nitrogens is 3. The van der Waals surface area contributed by atoms with E-state index in [0.29, 0.717) is 31.7 Å². The van der Waals surface area contributed by atoms with Crippen molar-refractivity contribution in [3.63, 3.8) is 0 Å². The van der Waals surface area contributed by atoms with Crippen molar-refractivity contribution in [3.05, 3.63) is 48.8 Å². The number of nitrogens with one attached hydrogen (secondary N) is 1.